The van der Waals surface area contributed by atoms with Crippen LogP contribution in [0, 0.1) is 6.92 Å². The average Bonchev–Trinajstić information content (AvgIpc) is 2.86. The first-order valence-corrected chi connectivity index (χ1v) is 6.72. The summed E-state index contributed by atoms with van der Waals surface area (Å²) < 4.78 is 2.10. The predicted molar refractivity (Wildman–Crippen MR) is 80.7 cm³/mol. The number of hydrogen-bond acceptors (Lipinski definition) is 3. The predicted octanol–water partition coefficient (Wildman–Crippen LogP) is 2.78. The molecule has 5 heteroatoms. The van der Waals surface area contributed by atoms with Crippen LogP contribution >= 0.6 is 0 Å². The molecule has 0 saturated carbocycles. The molecule has 106 valence electrons. The van der Waals surface area contributed by atoms with Gasteiger partial charge in [-0.3, -0.25) is 4.79 Å². The van der Waals surface area contributed by atoms with Crippen LogP contribution in [-0.2, 0) is 17.9 Å². The van der Waals surface area contributed by atoms with E-state index in [0.29, 0.717) is 6.54 Å². The van der Waals surface area contributed by atoms with Crippen molar-refractivity contribution >= 4 is 17.3 Å². The minimum Gasteiger partial charge on any atom is -0.378 e. The third-order valence-electron chi connectivity index (χ3n) is 3.14. The largest absolute Gasteiger partial charge is 0.378 e. The normalized spacial score (nSPS) is 10.3. The molecule has 5 nitrogen and oxygen atoms in total. The van der Waals surface area contributed by atoms with E-state index >= 15 is 0 Å². The van der Waals surface area contributed by atoms with Crippen molar-refractivity contribution in [2.24, 2.45) is 0 Å². The standard InChI is InChI=1S/C15H20N4O/c1-4-19-8-7-16-15(19)10-17-14-9-13(18-12(3)20)6-5-11(14)2/h5-9,17H,4,10H2,1-3H3,(H,18,20). The number of rotatable bonds is 5. The Hall–Kier alpha value is -2.30. The van der Waals surface area contributed by atoms with E-state index in [9.17, 15) is 4.79 Å². The van der Waals surface area contributed by atoms with Crippen molar-refractivity contribution < 1.29 is 4.79 Å². The SMILES string of the molecule is CCn1ccnc1CNc1cc(NC(C)=O)ccc1C. The van der Waals surface area contributed by atoms with Crippen molar-refractivity contribution in [3.63, 3.8) is 0 Å². The maximum absolute atomic E-state index is 11.1. The molecule has 0 unspecified atom stereocenters. The Kier molecular flexibility index (Phi) is 4.40. The number of carbonyl (C=O) groups excluding carboxylic acids is 1. The van der Waals surface area contributed by atoms with Gasteiger partial charge in [0.05, 0.1) is 6.54 Å². The third-order valence-corrected chi connectivity index (χ3v) is 3.14. The molecule has 0 aliphatic carbocycles. The molecule has 0 spiro atoms. The van der Waals surface area contributed by atoms with E-state index in [1.165, 1.54) is 6.92 Å². The van der Waals surface area contributed by atoms with Crippen LogP contribution in [0.5, 0.6) is 0 Å². The Bertz CT molecular complexity index is 604. The summed E-state index contributed by atoms with van der Waals surface area (Å²) in [6.07, 6.45) is 3.78. The second kappa shape index (κ2) is 6.23. The number of benzene rings is 1. The lowest BCUT2D eigenvalue weighted by molar-refractivity contribution is -0.114. The van der Waals surface area contributed by atoms with Gasteiger partial charge in [0.25, 0.3) is 0 Å². The number of nitrogens with one attached hydrogen (secondary N) is 2. The maximum Gasteiger partial charge on any atom is 0.221 e. The van der Waals surface area contributed by atoms with E-state index in [0.717, 1.165) is 29.3 Å². The van der Waals surface area contributed by atoms with Crippen molar-refractivity contribution in [1.29, 1.82) is 0 Å². The molecule has 1 aromatic carbocycles. The van der Waals surface area contributed by atoms with Gasteiger partial charge in [-0.2, -0.15) is 0 Å². The Morgan fingerprint density at radius 2 is 2.20 bits per heavy atom. The Balaban J connectivity index is 2.10. The lowest BCUT2D eigenvalue weighted by atomic mass is 10.1. The molecule has 0 aliphatic heterocycles. The molecule has 1 aromatic heterocycles. The van der Waals surface area contributed by atoms with E-state index in [4.69, 9.17) is 0 Å². The maximum atomic E-state index is 11.1. The quantitative estimate of drug-likeness (QED) is 0.880. The Morgan fingerprint density at radius 1 is 1.40 bits per heavy atom. The third kappa shape index (κ3) is 3.38. The van der Waals surface area contributed by atoms with E-state index in [-0.39, 0.29) is 5.91 Å². The molecular formula is C15H20N4O. The summed E-state index contributed by atoms with van der Waals surface area (Å²) in [4.78, 5) is 15.4. The van der Waals surface area contributed by atoms with E-state index in [1.54, 1.807) is 6.20 Å². The van der Waals surface area contributed by atoms with Gasteiger partial charge in [0.15, 0.2) is 0 Å². The van der Waals surface area contributed by atoms with Crippen LogP contribution in [0.4, 0.5) is 11.4 Å². The number of aromatic nitrogens is 2. The average molecular weight is 272 g/mol. The highest BCUT2D eigenvalue weighted by Crippen LogP contribution is 2.20. The van der Waals surface area contributed by atoms with Gasteiger partial charge in [-0.1, -0.05) is 6.07 Å². The highest BCUT2D eigenvalue weighted by atomic mass is 16.1. The van der Waals surface area contributed by atoms with Crippen LogP contribution in [0.15, 0.2) is 30.6 Å². The highest BCUT2D eigenvalue weighted by Gasteiger charge is 2.04. The van der Waals surface area contributed by atoms with Crippen molar-refractivity contribution in [2.75, 3.05) is 10.6 Å². The molecule has 2 N–H and O–H groups in total. The smallest absolute Gasteiger partial charge is 0.221 e. The summed E-state index contributed by atoms with van der Waals surface area (Å²) in [6, 6.07) is 5.82. The first-order valence-electron chi connectivity index (χ1n) is 6.72. The van der Waals surface area contributed by atoms with Gasteiger partial charge in [-0.05, 0) is 31.5 Å². The van der Waals surface area contributed by atoms with Gasteiger partial charge in [-0.15, -0.1) is 0 Å². The van der Waals surface area contributed by atoms with Gasteiger partial charge in [0.2, 0.25) is 5.91 Å². The summed E-state index contributed by atoms with van der Waals surface area (Å²) in [5, 5.41) is 6.16. The van der Waals surface area contributed by atoms with Gasteiger partial charge >= 0.3 is 0 Å². The van der Waals surface area contributed by atoms with E-state index < -0.39 is 0 Å². The number of hydrogen-bond donors (Lipinski definition) is 2. The molecule has 0 saturated heterocycles. The van der Waals surface area contributed by atoms with Crippen LogP contribution in [0.2, 0.25) is 0 Å². The Labute approximate surface area is 119 Å². The minimum absolute atomic E-state index is 0.0682. The highest BCUT2D eigenvalue weighted by molar-refractivity contribution is 5.89. The lowest BCUT2D eigenvalue weighted by Crippen LogP contribution is -2.09. The molecule has 0 aliphatic rings. The molecule has 2 aromatic rings. The second-order valence-electron chi connectivity index (χ2n) is 4.69. The minimum atomic E-state index is -0.0682. The van der Waals surface area contributed by atoms with E-state index in [1.807, 2.05) is 31.3 Å². The summed E-state index contributed by atoms with van der Waals surface area (Å²) in [5.41, 5.74) is 2.93. The zero-order valence-corrected chi connectivity index (χ0v) is 12.1. The number of amides is 1. The number of carbonyl (C=O) groups is 1. The van der Waals surface area contributed by atoms with Gasteiger partial charge in [-0.25, -0.2) is 4.98 Å². The molecule has 1 heterocycles. The van der Waals surface area contributed by atoms with Crippen LogP contribution < -0.4 is 10.6 Å². The van der Waals surface area contributed by atoms with Crippen molar-refractivity contribution in [3.8, 4) is 0 Å². The fraction of sp³-hybridized carbons (Fsp3) is 0.333. The molecular weight excluding hydrogens is 252 g/mol. The first-order chi connectivity index (χ1) is 9.60. The molecule has 0 fully saturated rings. The van der Waals surface area contributed by atoms with Crippen LogP contribution in [0.25, 0.3) is 0 Å². The fourth-order valence-electron chi connectivity index (χ4n) is 2.06. The summed E-state index contributed by atoms with van der Waals surface area (Å²) in [5.74, 6) is 0.929. The lowest BCUT2D eigenvalue weighted by Gasteiger charge is -2.12. The molecule has 0 bridgehead atoms. The van der Waals surface area contributed by atoms with E-state index in [2.05, 4.69) is 27.1 Å². The van der Waals surface area contributed by atoms with Crippen LogP contribution in [-0.4, -0.2) is 15.5 Å². The monoisotopic (exact) mass is 272 g/mol. The topological polar surface area (TPSA) is 59.0 Å². The number of aryl methyl sites for hydroxylation is 2. The zero-order valence-electron chi connectivity index (χ0n) is 12.1. The summed E-state index contributed by atoms with van der Waals surface area (Å²) in [7, 11) is 0. The number of nitrogens with zero attached hydrogens (tertiary/aromatic N) is 2. The fourth-order valence-corrected chi connectivity index (χ4v) is 2.06. The second-order valence-corrected chi connectivity index (χ2v) is 4.69. The number of anilines is 2. The summed E-state index contributed by atoms with van der Waals surface area (Å²) in [6.45, 7) is 7.19. The van der Waals surface area contributed by atoms with Crippen molar-refractivity contribution in [3.05, 3.63) is 42.0 Å². The zero-order chi connectivity index (χ0) is 14.5. The molecule has 0 radical (unpaired) electrons. The van der Waals surface area contributed by atoms with Gasteiger partial charge in [0.1, 0.15) is 5.82 Å². The number of imidazole rings is 1. The van der Waals surface area contributed by atoms with Crippen LogP contribution in [0.1, 0.15) is 25.2 Å². The van der Waals surface area contributed by atoms with Gasteiger partial charge in [0, 0.05) is 37.2 Å². The first kappa shape index (κ1) is 14.1. The molecule has 20 heavy (non-hydrogen) atoms. The molecule has 2 rings (SSSR count). The van der Waals surface area contributed by atoms with Crippen LogP contribution in [0.3, 0.4) is 0 Å². The van der Waals surface area contributed by atoms with Crippen molar-refractivity contribution in [2.45, 2.75) is 33.9 Å². The molecule has 1 amide bonds. The summed E-state index contributed by atoms with van der Waals surface area (Å²) >= 11 is 0. The molecule has 0 atom stereocenters. The Morgan fingerprint density at radius 3 is 2.90 bits per heavy atom. The van der Waals surface area contributed by atoms with Crippen molar-refractivity contribution in [1.82, 2.24) is 9.55 Å². The van der Waals surface area contributed by atoms with Gasteiger partial charge < -0.3 is 15.2 Å².